The van der Waals surface area contributed by atoms with E-state index in [0.717, 1.165) is 5.56 Å². The van der Waals surface area contributed by atoms with Crippen LogP contribution in [0.4, 0.5) is 4.39 Å². The lowest BCUT2D eigenvalue weighted by molar-refractivity contribution is -0.144. The molecule has 0 aromatic heterocycles. The molecule has 0 radical (unpaired) electrons. The van der Waals surface area contributed by atoms with Gasteiger partial charge in [-0.3, -0.25) is 9.36 Å². The molecule has 1 aromatic carbocycles. The van der Waals surface area contributed by atoms with Gasteiger partial charge in [0, 0.05) is 14.2 Å². The number of ether oxygens (including phenoxy) is 1. The van der Waals surface area contributed by atoms with Crippen molar-refractivity contribution < 1.29 is 27.5 Å². The summed E-state index contributed by atoms with van der Waals surface area (Å²) in [5, 5.41) is 0. The van der Waals surface area contributed by atoms with Crippen LogP contribution in [0.25, 0.3) is 0 Å². The number of rotatable bonds is 7. The number of carbonyl (C=O) groups excluding carboxylic acids is 1. The zero-order valence-corrected chi connectivity index (χ0v) is 12.6. The fourth-order valence-electron chi connectivity index (χ4n) is 1.79. The molecule has 0 aliphatic carbocycles. The van der Waals surface area contributed by atoms with Crippen molar-refractivity contribution >= 4 is 13.6 Å². The molecule has 1 aromatic rings. The van der Waals surface area contributed by atoms with Gasteiger partial charge in [-0.2, -0.15) is 0 Å². The average Bonchev–Trinajstić information content (AvgIpc) is 2.47. The molecule has 1 atom stereocenters. The standard InChI is InChI=1S/C13H18FO5P/c1-17-13(15)11(9-20(16,18-2)19-3)8-10-4-6-12(14)7-5-10/h4-7,11H,8-9H2,1-3H3/t11-/m1/s1. The van der Waals surface area contributed by atoms with E-state index >= 15 is 0 Å². The van der Waals surface area contributed by atoms with Gasteiger partial charge in [-0.15, -0.1) is 0 Å². The van der Waals surface area contributed by atoms with Crippen LogP contribution >= 0.6 is 7.60 Å². The van der Waals surface area contributed by atoms with Crippen molar-refractivity contribution in [2.75, 3.05) is 27.5 Å². The van der Waals surface area contributed by atoms with Gasteiger partial charge in [-0.25, -0.2) is 4.39 Å². The van der Waals surface area contributed by atoms with Crippen molar-refractivity contribution in [3.05, 3.63) is 35.6 Å². The largest absolute Gasteiger partial charge is 0.469 e. The second-order valence-corrected chi connectivity index (χ2v) is 6.53. The predicted octanol–water partition coefficient (Wildman–Crippen LogP) is 2.64. The van der Waals surface area contributed by atoms with Gasteiger partial charge in [0.15, 0.2) is 0 Å². The Morgan fingerprint density at radius 3 is 2.20 bits per heavy atom. The van der Waals surface area contributed by atoms with E-state index in [1.54, 1.807) is 12.1 Å². The Labute approximate surface area is 117 Å². The van der Waals surface area contributed by atoms with Crippen molar-refractivity contribution in [3.63, 3.8) is 0 Å². The van der Waals surface area contributed by atoms with Crippen molar-refractivity contribution in [2.45, 2.75) is 6.42 Å². The molecule has 0 bridgehead atoms. The van der Waals surface area contributed by atoms with Crippen LogP contribution in [-0.2, 0) is 29.6 Å². The van der Waals surface area contributed by atoms with E-state index in [1.807, 2.05) is 0 Å². The molecule has 112 valence electrons. The highest BCUT2D eigenvalue weighted by Gasteiger charge is 2.31. The molecule has 7 heteroatoms. The second-order valence-electron chi connectivity index (χ2n) is 4.21. The maximum Gasteiger partial charge on any atom is 0.331 e. The van der Waals surface area contributed by atoms with Crippen LogP contribution in [0.5, 0.6) is 0 Å². The number of esters is 1. The Kier molecular flexibility index (Phi) is 6.33. The molecule has 0 fully saturated rings. The first-order valence-corrected chi connectivity index (χ1v) is 7.69. The maximum absolute atomic E-state index is 12.9. The summed E-state index contributed by atoms with van der Waals surface area (Å²) in [6.07, 6.45) is 0.174. The number of carbonyl (C=O) groups is 1. The van der Waals surface area contributed by atoms with Gasteiger partial charge in [-0.05, 0) is 24.1 Å². The van der Waals surface area contributed by atoms with Gasteiger partial charge in [0.25, 0.3) is 0 Å². The summed E-state index contributed by atoms with van der Waals surface area (Å²) in [5.41, 5.74) is 0.737. The van der Waals surface area contributed by atoms with Gasteiger partial charge >= 0.3 is 13.6 Å². The predicted molar refractivity (Wildman–Crippen MR) is 72.1 cm³/mol. The van der Waals surface area contributed by atoms with Crippen molar-refractivity contribution in [2.24, 2.45) is 5.92 Å². The molecule has 20 heavy (non-hydrogen) atoms. The quantitative estimate of drug-likeness (QED) is 0.572. The average molecular weight is 304 g/mol. The van der Waals surface area contributed by atoms with Crippen LogP contribution in [-0.4, -0.2) is 33.5 Å². The summed E-state index contributed by atoms with van der Waals surface area (Å²) in [5.74, 6) is -1.55. The first-order valence-electron chi connectivity index (χ1n) is 5.97. The van der Waals surface area contributed by atoms with Gasteiger partial charge in [0.2, 0.25) is 0 Å². The zero-order valence-electron chi connectivity index (χ0n) is 11.7. The lowest BCUT2D eigenvalue weighted by atomic mass is 10.0. The summed E-state index contributed by atoms with van der Waals surface area (Å²) in [4.78, 5) is 11.8. The minimum Gasteiger partial charge on any atom is -0.469 e. The Morgan fingerprint density at radius 1 is 1.20 bits per heavy atom. The van der Waals surface area contributed by atoms with Crippen LogP contribution in [0.3, 0.4) is 0 Å². The second kappa shape index (κ2) is 7.53. The molecule has 1 rings (SSSR count). The third-order valence-electron chi connectivity index (χ3n) is 2.93. The smallest absolute Gasteiger partial charge is 0.331 e. The van der Waals surface area contributed by atoms with Crippen LogP contribution in [0, 0.1) is 11.7 Å². The molecule has 0 aliphatic heterocycles. The van der Waals surface area contributed by atoms with E-state index in [0.29, 0.717) is 0 Å². The number of hydrogen-bond donors (Lipinski definition) is 0. The van der Waals surface area contributed by atoms with E-state index in [9.17, 15) is 13.8 Å². The first-order chi connectivity index (χ1) is 9.44. The van der Waals surface area contributed by atoms with Crippen molar-refractivity contribution in [1.82, 2.24) is 0 Å². The van der Waals surface area contributed by atoms with E-state index in [2.05, 4.69) is 0 Å². The van der Waals surface area contributed by atoms with Crippen LogP contribution in [0.2, 0.25) is 0 Å². The van der Waals surface area contributed by atoms with Gasteiger partial charge in [0.05, 0.1) is 19.2 Å². The van der Waals surface area contributed by atoms with Crippen molar-refractivity contribution in [3.8, 4) is 0 Å². The Bertz CT molecular complexity index is 480. The zero-order chi connectivity index (χ0) is 15.2. The highest BCUT2D eigenvalue weighted by molar-refractivity contribution is 7.53. The summed E-state index contributed by atoms with van der Waals surface area (Å²) in [6.45, 7) is 0. The van der Waals surface area contributed by atoms with Crippen LogP contribution in [0.1, 0.15) is 5.56 Å². The van der Waals surface area contributed by atoms with Crippen LogP contribution in [0.15, 0.2) is 24.3 Å². The molecule has 0 spiro atoms. The molecule has 5 nitrogen and oxygen atoms in total. The molecule has 0 amide bonds. The van der Waals surface area contributed by atoms with Gasteiger partial charge in [0.1, 0.15) is 5.82 Å². The monoisotopic (exact) mass is 304 g/mol. The Morgan fingerprint density at radius 2 is 1.75 bits per heavy atom. The molecular formula is C13H18FO5P. The van der Waals surface area contributed by atoms with Crippen LogP contribution < -0.4 is 0 Å². The summed E-state index contributed by atoms with van der Waals surface area (Å²) >= 11 is 0. The molecule has 0 N–H and O–H groups in total. The number of methoxy groups -OCH3 is 1. The summed E-state index contributed by atoms with van der Waals surface area (Å²) < 4.78 is 39.3. The first kappa shape index (κ1) is 16.8. The molecule has 0 heterocycles. The molecule has 0 unspecified atom stereocenters. The number of benzene rings is 1. The third-order valence-corrected chi connectivity index (χ3v) is 4.93. The summed E-state index contributed by atoms with van der Waals surface area (Å²) in [7, 11) is 0.450. The van der Waals surface area contributed by atoms with E-state index in [1.165, 1.54) is 33.5 Å². The molecule has 0 saturated carbocycles. The van der Waals surface area contributed by atoms with Gasteiger partial charge in [-0.1, -0.05) is 12.1 Å². The Balaban J connectivity index is 2.87. The van der Waals surface area contributed by atoms with E-state index in [4.69, 9.17) is 13.8 Å². The third kappa shape index (κ3) is 4.71. The highest BCUT2D eigenvalue weighted by atomic mass is 31.2. The fraction of sp³-hybridized carbons (Fsp3) is 0.462. The SMILES string of the molecule is COC(=O)[C@H](Cc1ccc(F)cc1)CP(=O)(OC)OC. The molecule has 0 aliphatic rings. The highest BCUT2D eigenvalue weighted by Crippen LogP contribution is 2.48. The fourth-order valence-corrected chi connectivity index (χ4v) is 3.05. The summed E-state index contributed by atoms with van der Waals surface area (Å²) in [6, 6.07) is 5.73. The Hall–Kier alpha value is -1.23. The maximum atomic E-state index is 12.9. The van der Waals surface area contributed by atoms with E-state index < -0.39 is 19.5 Å². The molecule has 0 saturated heterocycles. The topological polar surface area (TPSA) is 61.8 Å². The van der Waals surface area contributed by atoms with E-state index in [-0.39, 0.29) is 18.4 Å². The minimum absolute atomic E-state index is 0.0932. The minimum atomic E-state index is -3.33. The normalized spacial score (nSPS) is 13.0. The lowest BCUT2D eigenvalue weighted by Gasteiger charge is -2.19. The lowest BCUT2D eigenvalue weighted by Crippen LogP contribution is -2.23. The van der Waals surface area contributed by atoms with Gasteiger partial charge < -0.3 is 13.8 Å². The number of halogens is 1. The number of hydrogen-bond acceptors (Lipinski definition) is 5. The molecular weight excluding hydrogens is 286 g/mol. The van der Waals surface area contributed by atoms with Crippen molar-refractivity contribution in [1.29, 1.82) is 0 Å².